The lowest BCUT2D eigenvalue weighted by molar-refractivity contribution is 0.109. The van der Waals surface area contributed by atoms with Gasteiger partial charge in [-0.05, 0) is 44.7 Å². The standard InChI is InChI=1S/C16H27N3O/c1-3-8-17-12-15-5-4-9-18-16(15)19-10-6-14(7-11-19)13(2)20/h4-5,9,13-14,17,20H,3,6-8,10-12H2,1-2H3. The zero-order chi connectivity index (χ0) is 14.4. The molecule has 4 heteroatoms. The maximum absolute atomic E-state index is 9.69. The van der Waals surface area contributed by atoms with E-state index in [1.165, 1.54) is 5.56 Å². The second-order valence-corrected chi connectivity index (χ2v) is 5.73. The molecule has 1 aromatic rings. The summed E-state index contributed by atoms with van der Waals surface area (Å²) in [5.41, 5.74) is 1.27. The highest BCUT2D eigenvalue weighted by molar-refractivity contribution is 5.47. The summed E-state index contributed by atoms with van der Waals surface area (Å²) in [5.74, 6) is 1.55. The molecule has 4 nitrogen and oxygen atoms in total. The monoisotopic (exact) mass is 277 g/mol. The summed E-state index contributed by atoms with van der Waals surface area (Å²) in [6.45, 7) is 7.99. The summed E-state index contributed by atoms with van der Waals surface area (Å²) in [6.07, 6.45) is 4.94. The van der Waals surface area contributed by atoms with Crippen molar-refractivity contribution in [3.8, 4) is 0 Å². The van der Waals surface area contributed by atoms with Gasteiger partial charge in [0.25, 0.3) is 0 Å². The van der Waals surface area contributed by atoms with Crippen LogP contribution in [-0.2, 0) is 6.54 Å². The molecule has 20 heavy (non-hydrogen) atoms. The largest absolute Gasteiger partial charge is 0.393 e. The van der Waals surface area contributed by atoms with E-state index in [1.807, 2.05) is 19.2 Å². The Bertz CT molecular complexity index is 400. The van der Waals surface area contributed by atoms with Crippen molar-refractivity contribution in [2.24, 2.45) is 5.92 Å². The Kier molecular flexibility index (Phi) is 5.80. The van der Waals surface area contributed by atoms with Gasteiger partial charge in [-0.15, -0.1) is 0 Å². The molecule has 1 atom stereocenters. The summed E-state index contributed by atoms with van der Waals surface area (Å²) in [7, 11) is 0. The van der Waals surface area contributed by atoms with Crippen LogP contribution in [0, 0.1) is 5.92 Å². The van der Waals surface area contributed by atoms with Gasteiger partial charge >= 0.3 is 0 Å². The first-order valence-electron chi connectivity index (χ1n) is 7.80. The van der Waals surface area contributed by atoms with E-state index in [0.717, 1.165) is 51.3 Å². The van der Waals surface area contributed by atoms with Gasteiger partial charge in [0.2, 0.25) is 0 Å². The predicted octanol–water partition coefficient (Wildman–Crippen LogP) is 2.18. The molecule has 1 aliphatic heterocycles. The zero-order valence-electron chi connectivity index (χ0n) is 12.7. The van der Waals surface area contributed by atoms with E-state index in [-0.39, 0.29) is 6.10 Å². The van der Waals surface area contributed by atoms with Crippen molar-refractivity contribution in [2.75, 3.05) is 24.5 Å². The molecule has 1 fully saturated rings. The highest BCUT2D eigenvalue weighted by atomic mass is 16.3. The van der Waals surface area contributed by atoms with Crippen LogP contribution < -0.4 is 10.2 Å². The second-order valence-electron chi connectivity index (χ2n) is 5.73. The van der Waals surface area contributed by atoms with Gasteiger partial charge in [0.1, 0.15) is 5.82 Å². The van der Waals surface area contributed by atoms with Crippen molar-refractivity contribution in [1.29, 1.82) is 0 Å². The molecule has 1 aliphatic rings. The van der Waals surface area contributed by atoms with Gasteiger partial charge in [0, 0.05) is 31.4 Å². The number of pyridine rings is 1. The van der Waals surface area contributed by atoms with Gasteiger partial charge in [-0.2, -0.15) is 0 Å². The highest BCUT2D eigenvalue weighted by Crippen LogP contribution is 2.26. The fourth-order valence-corrected chi connectivity index (χ4v) is 2.85. The fraction of sp³-hybridized carbons (Fsp3) is 0.688. The molecular formula is C16H27N3O. The summed E-state index contributed by atoms with van der Waals surface area (Å²) in [6, 6.07) is 4.17. The van der Waals surface area contributed by atoms with Crippen LogP contribution in [-0.4, -0.2) is 35.8 Å². The maximum Gasteiger partial charge on any atom is 0.133 e. The minimum Gasteiger partial charge on any atom is -0.393 e. The Morgan fingerprint density at radius 1 is 1.45 bits per heavy atom. The molecule has 2 rings (SSSR count). The lowest BCUT2D eigenvalue weighted by atomic mass is 9.92. The number of nitrogens with one attached hydrogen (secondary N) is 1. The van der Waals surface area contributed by atoms with Gasteiger partial charge in [0.15, 0.2) is 0 Å². The molecule has 112 valence electrons. The summed E-state index contributed by atoms with van der Waals surface area (Å²) in [5, 5.41) is 13.1. The predicted molar refractivity (Wildman–Crippen MR) is 82.9 cm³/mol. The van der Waals surface area contributed by atoms with Crippen LogP contribution in [0.3, 0.4) is 0 Å². The third-order valence-corrected chi connectivity index (χ3v) is 4.13. The number of piperidine rings is 1. The number of anilines is 1. The number of nitrogens with zero attached hydrogens (tertiary/aromatic N) is 2. The number of aromatic nitrogens is 1. The van der Waals surface area contributed by atoms with Gasteiger partial charge in [0.05, 0.1) is 6.10 Å². The van der Waals surface area contributed by atoms with Crippen molar-refractivity contribution in [2.45, 2.75) is 45.8 Å². The Morgan fingerprint density at radius 2 is 2.20 bits per heavy atom. The number of aliphatic hydroxyl groups excluding tert-OH is 1. The molecular weight excluding hydrogens is 250 g/mol. The SMILES string of the molecule is CCCNCc1cccnc1N1CCC(C(C)O)CC1. The van der Waals surface area contributed by atoms with Crippen molar-refractivity contribution in [1.82, 2.24) is 10.3 Å². The third kappa shape index (κ3) is 3.93. The molecule has 1 saturated heterocycles. The minimum absolute atomic E-state index is 0.188. The molecule has 0 spiro atoms. The molecule has 0 aromatic carbocycles. The maximum atomic E-state index is 9.69. The molecule has 2 heterocycles. The van der Waals surface area contributed by atoms with Crippen molar-refractivity contribution < 1.29 is 5.11 Å². The lowest BCUT2D eigenvalue weighted by Crippen LogP contribution is -2.38. The molecule has 0 bridgehead atoms. The topological polar surface area (TPSA) is 48.4 Å². The van der Waals surface area contributed by atoms with Crippen LogP contribution in [0.15, 0.2) is 18.3 Å². The van der Waals surface area contributed by atoms with Crippen molar-refractivity contribution >= 4 is 5.82 Å². The van der Waals surface area contributed by atoms with Crippen LogP contribution in [0.2, 0.25) is 0 Å². The Hall–Kier alpha value is -1.13. The normalized spacial score (nSPS) is 18.2. The minimum atomic E-state index is -0.188. The average Bonchev–Trinajstić information content (AvgIpc) is 2.48. The third-order valence-electron chi connectivity index (χ3n) is 4.13. The molecule has 0 radical (unpaired) electrons. The molecule has 1 unspecified atom stereocenters. The van der Waals surface area contributed by atoms with Crippen LogP contribution in [0.25, 0.3) is 0 Å². The zero-order valence-corrected chi connectivity index (χ0v) is 12.7. The first-order valence-corrected chi connectivity index (χ1v) is 7.80. The van der Waals surface area contributed by atoms with E-state index in [0.29, 0.717) is 5.92 Å². The van der Waals surface area contributed by atoms with E-state index in [2.05, 4.69) is 28.2 Å². The van der Waals surface area contributed by atoms with E-state index >= 15 is 0 Å². The van der Waals surface area contributed by atoms with E-state index in [4.69, 9.17) is 0 Å². The summed E-state index contributed by atoms with van der Waals surface area (Å²) >= 11 is 0. The second kappa shape index (κ2) is 7.60. The molecule has 1 aromatic heterocycles. The smallest absolute Gasteiger partial charge is 0.133 e. The first kappa shape index (κ1) is 15.3. The van der Waals surface area contributed by atoms with Crippen molar-refractivity contribution in [3.05, 3.63) is 23.9 Å². The highest BCUT2D eigenvalue weighted by Gasteiger charge is 2.24. The molecule has 2 N–H and O–H groups in total. The molecule has 0 amide bonds. The Balaban J connectivity index is 1.98. The Labute approximate surface area is 122 Å². The van der Waals surface area contributed by atoms with E-state index in [9.17, 15) is 5.11 Å². The van der Waals surface area contributed by atoms with Crippen molar-refractivity contribution in [3.63, 3.8) is 0 Å². The quantitative estimate of drug-likeness (QED) is 0.783. The molecule has 0 saturated carbocycles. The number of rotatable bonds is 6. The first-order chi connectivity index (χ1) is 9.72. The summed E-state index contributed by atoms with van der Waals surface area (Å²) < 4.78 is 0. The van der Waals surface area contributed by atoms with Gasteiger partial charge in [-0.3, -0.25) is 0 Å². The Morgan fingerprint density at radius 3 is 2.85 bits per heavy atom. The van der Waals surface area contributed by atoms with Crippen LogP contribution in [0.1, 0.15) is 38.7 Å². The lowest BCUT2D eigenvalue weighted by Gasteiger charge is -2.35. The van der Waals surface area contributed by atoms with Gasteiger partial charge in [-0.1, -0.05) is 13.0 Å². The average molecular weight is 277 g/mol. The number of aliphatic hydroxyl groups is 1. The van der Waals surface area contributed by atoms with Crippen LogP contribution >= 0.6 is 0 Å². The van der Waals surface area contributed by atoms with Crippen LogP contribution in [0.4, 0.5) is 5.82 Å². The van der Waals surface area contributed by atoms with Crippen LogP contribution in [0.5, 0.6) is 0 Å². The van der Waals surface area contributed by atoms with Gasteiger partial charge in [-0.25, -0.2) is 4.98 Å². The fourth-order valence-electron chi connectivity index (χ4n) is 2.85. The van der Waals surface area contributed by atoms with E-state index in [1.54, 1.807) is 0 Å². The van der Waals surface area contributed by atoms with E-state index < -0.39 is 0 Å². The summed E-state index contributed by atoms with van der Waals surface area (Å²) in [4.78, 5) is 6.94. The molecule has 0 aliphatic carbocycles. The van der Waals surface area contributed by atoms with Gasteiger partial charge < -0.3 is 15.3 Å². The number of hydrogen-bond donors (Lipinski definition) is 2. The number of hydrogen-bond acceptors (Lipinski definition) is 4.